The van der Waals surface area contributed by atoms with Gasteiger partial charge >= 0.3 is 0 Å². The van der Waals surface area contributed by atoms with Crippen LogP contribution in [-0.2, 0) is 14.6 Å². The molecule has 6 nitrogen and oxygen atoms in total. The standard InChI is InChI=1S/C12H19N3O3S/c13-12-6-11(9-2-1-4-18-7-9)14-15(12)10-3-5-19(16,17)8-10/h6,9-10H,1-5,7-8,13H2. The molecule has 0 aliphatic carbocycles. The summed E-state index contributed by atoms with van der Waals surface area (Å²) < 4.78 is 30.2. The van der Waals surface area contributed by atoms with Crippen molar-refractivity contribution < 1.29 is 13.2 Å². The molecule has 106 valence electrons. The molecule has 1 aromatic heterocycles. The van der Waals surface area contributed by atoms with Gasteiger partial charge in [0.1, 0.15) is 5.82 Å². The Bertz CT molecular complexity index is 561. The van der Waals surface area contributed by atoms with Gasteiger partial charge in [0.05, 0.1) is 29.8 Å². The van der Waals surface area contributed by atoms with E-state index in [0.29, 0.717) is 18.8 Å². The highest BCUT2D eigenvalue weighted by Crippen LogP contribution is 2.30. The minimum absolute atomic E-state index is 0.108. The number of sulfone groups is 1. The first-order valence-corrected chi connectivity index (χ1v) is 8.50. The molecular formula is C12H19N3O3S. The van der Waals surface area contributed by atoms with E-state index in [1.54, 1.807) is 4.68 Å². The van der Waals surface area contributed by atoms with Crippen LogP contribution in [0.5, 0.6) is 0 Å². The van der Waals surface area contributed by atoms with Crippen molar-refractivity contribution in [3.05, 3.63) is 11.8 Å². The van der Waals surface area contributed by atoms with Crippen LogP contribution >= 0.6 is 0 Å². The van der Waals surface area contributed by atoms with Crippen molar-refractivity contribution in [3.8, 4) is 0 Å². The molecule has 2 unspecified atom stereocenters. The van der Waals surface area contributed by atoms with Crippen LogP contribution in [0.15, 0.2) is 6.07 Å². The largest absolute Gasteiger partial charge is 0.384 e. The minimum Gasteiger partial charge on any atom is -0.384 e. The SMILES string of the molecule is Nc1cc(C2CCCOC2)nn1C1CCS(=O)(=O)C1. The van der Waals surface area contributed by atoms with Crippen LogP contribution < -0.4 is 5.73 Å². The van der Waals surface area contributed by atoms with E-state index in [0.717, 1.165) is 25.1 Å². The highest BCUT2D eigenvalue weighted by molar-refractivity contribution is 7.91. The lowest BCUT2D eigenvalue weighted by Gasteiger charge is -2.20. The van der Waals surface area contributed by atoms with Gasteiger partial charge in [-0.1, -0.05) is 0 Å². The number of aromatic nitrogens is 2. The number of anilines is 1. The Morgan fingerprint density at radius 1 is 1.42 bits per heavy atom. The first-order valence-electron chi connectivity index (χ1n) is 6.68. The maximum absolute atomic E-state index is 11.5. The average molecular weight is 285 g/mol. The number of hydrogen-bond acceptors (Lipinski definition) is 5. The first-order chi connectivity index (χ1) is 9.05. The third kappa shape index (κ3) is 2.62. The quantitative estimate of drug-likeness (QED) is 0.865. The number of nitrogen functional groups attached to an aromatic ring is 1. The zero-order valence-electron chi connectivity index (χ0n) is 10.8. The van der Waals surface area contributed by atoms with Crippen LogP contribution in [0.2, 0.25) is 0 Å². The maximum Gasteiger partial charge on any atom is 0.152 e. The fraction of sp³-hybridized carbons (Fsp3) is 0.750. The van der Waals surface area contributed by atoms with Gasteiger partial charge in [0.15, 0.2) is 9.84 Å². The van der Waals surface area contributed by atoms with Crippen LogP contribution in [0.3, 0.4) is 0 Å². The number of nitrogens with two attached hydrogens (primary N) is 1. The predicted octanol–water partition coefficient (Wildman–Crippen LogP) is 0.719. The average Bonchev–Trinajstić information content (AvgIpc) is 2.93. The molecule has 2 N–H and O–H groups in total. The van der Waals surface area contributed by atoms with E-state index in [1.807, 2.05) is 6.07 Å². The predicted molar refractivity (Wildman–Crippen MR) is 71.7 cm³/mol. The van der Waals surface area contributed by atoms with Gasteiger partial charge in [-0.15, -0.1) is 0 Å². The van der Waals surface area contributed by atoms with Crippen LogP contribution in [0.1, 0.15) is 36.9 Å². The van der Waals surface area contributed by atoms with Gasteiger partial charge in [0.2, 0.25) is 0 Å². The van der Waals surface area contributed by atoms with Crippen molar-refractivity contribution in [2.45, 2.75) is 31.2 Å². The number of hydrogen-bond donors (Lipinski definition) is 1. The fourth-order valence-electron chi connectivity index (χ4n) is 2.86. The van der Waals surface area contributed by atoms with Crippen LogP contribution in [0, 0.1) is 0 Å². The summed E-state index contributed by atoms with van der Waals surface area (Å²) >= 11 is 0. The topological polar surface area (TPSA) is 87.2 Å². The van der Waals surface area contributed by atoms with Crippen LogP contribution in [0.25, 0.3) is 0 Å². The van der Waals surface area contributed by atoms with Crippen molar-refractivity contribution in [1.82, 2.24) is 9.78 Å². The Balaban J connectivity index is 1.81. The number of ether oxygens (including phenoxy) is 1. The molecule has 3 rings (SSSR count). The van der Waals surface area contributed by atoms with Gasteiger partial charge in [-0.05, 0) is 19.3 Å². The lowest BCUT2D eigenvalue weighted by molar-refractivity contribution is 0.0790. The highest BCUT2D eigenvalue weighted by Gasteiger charge is 2.31. The smallest absolute Gasteiger partial charge is 0.152 e. The Kier molecular flexibility index (Phi) is 3.26. The molecule has 0 amide bonds. The molecule has 0 spiro atoms. The monoisotopic (exact) mass is 285 g/mol. The summed E-state index contributed by atoms with van der Waals surface area (Å²) in [5.41, 5.74) is 6.91. The van der Waals surface area contributed by atoms with Gasteiger partial charge in [-0.3, -0.25) is 0 Å². The summed E-state index contributed by atoms with van der Waals surface area (Å²) in [4.78, 5) is 0. The van der Waals surface area contributed by atoms with Gasteiger partial charge in [0.25, 0.3) is 0 Å². The van der Waals surface area contributed by atoms with Crippen molar-refractivity contribution in [2.24, 2.45) is 0 Å². The molecule has 7 heteroatoms. The Labute approximate surface area is 112 Å². The van der Waals surface area contributed by atoms with Crippen LogP contribution in [-0.4, -0.2) is 42.9 Å². The lowest BCUT2D eigenvalue weighted by atomic mass is 9.99. The number of rotatable bonds is 2. The van der Waals surface area contributed by atoms with Gasteiger partial charge < -0.3 is 10.5 Å². The summed E-state index contributed by atoms with van der Waals surface area (Å²) in [6, 6.07) is 1.76. The Morgan fingerprint density at radius 2 is 2.26 bits per heavy atom. The van der Waals surface area contributed by atoms with E-state index in [-0.39, 0.29) is 23.5 Å². The summed E-state index contributed by atoms with van der Waals surface area (Å²) in [5, 5.41) is 4.53. The normalized spacial score (nSPS) is 30.5. The summed E-state index contributed by atoms with van der Waals surface area (Å²) in [5.74, 6) is 1.23. The molecular weight excluding hydrogens is 266 g/mol. The summed E-state index contributed by atoms with van der Waals surface area (Å²) in [6.07, 6.45) is 2.70. The molecule has 0 saturated carbocycles. The van der Waals surface area contributed by atoms with Gasteiger partial charge in [-0.2, -0.15) is 5.10 Å². The molecule has 3 heterocycles. The van der Waals surface area contributed by atoms with E-state index < -0.39 is 9.84 Å². The molecule has 2 saturated heterocycles. The first kappa shape index (κ1) is 12.9. The maximum atomic E-state index is 11.5. The van der Waals surface area contributed by atoms with Gasteiger partial charge in [0, 0.05) is 18.6 Å². The minimum atomic E-state index is -2.92. The zero-order chi connectivity index (χ0) is 13.5. The summed E-state index contributed by atoms with van der Waals surface area (Å²) in [7, 11) is -2.92. The Morgan fingerprint density at radius 3 is 2.89 bits per heavy atom. The van der Waals surface area contributed by atoms with Crippen molar-refractivity contribution in [3.63, 3.8) is 0 Å². The van der Waals surface area contributed by atoms with E-state index >= 15 is 0 Å². The number of nitrogens with zero attached hydrogens (tertiary/aromatic N) is 2. The van der Waals surface area contributed by atoms with E-state index in [9.17, 15) is 8.42 Å². The second-order valence-corrected chi connectivity index (χ2v) is 7.64. The highest BCUT2D eigenvalue weighted by atomic mass is 32.2. The second kappa shape index (κ2) is 4.79. The molecule has 2 fully saturated rings. The van der Waals surface area contributed by atoms with E-state index in [4.69, 9.17) is 10.5 Å². The Hall–Kier alpha value is -1.08. The van der Waals surface area contributed by atoms with E-state index in [1.165, 1.54) is 0 Å². The van der Waals surface area contributed by atoms with Crippen molar-refractivity contribution in [1.29, 1.82) is 0 Å². The fourth-order valence-corrected chi connectivity index (χ4v) is 4.55. The third-order valence-electron chi connectivity index (χ3n) is 3.92. The van der Waals surface area contributed by atoms with Crippen LogP contribution in [0.4, 0.5) is 5.82 Å². The van der Waals surface area contributed by atoms with Crippen molar-refractivity contribution >= 4 is 15.7 Å². The molecule has 2 aliphatic rings. The molecule has 2 aliphatic heterocycles. The molecule has 19 heavy (non-hydrogen) atoms. The molecule has 0 bridgehead atoms. The van der Waals surface area contributed by atoms with Gasteiger partial charge in [-0.25, -0.2) is 13.1 Å². The van der Waals surface area contributed by atoms with Crippen molar-refractivity contribution in [2.75, 3.05) is 30.5 Å². The molecule has 0 radical (unpaired) electrons. The second-order valence-electron chi connectivity index (χ2n) is 5.41. The molecule has 0 aromatic carbocycles. The molecule has 2 atom stereocenters. The molecule has 1 aromatic rings. The van der Waals surface area contributed by atoms with E-state index in [2.05, 4.69) is 5.10 Å². The zero-order valence-corrected chi connectivity index (χ0v) is 11.6. The summed E-state index contributed by atoms with van der Waals surface area (Å²) in [6.45, 7) is 1.49. The third-order valence-corrected chi connectivity index (χ3v) is 5.67. The lowest BCUT2D eigenvalue weighted by Crippen LogP contribution is -2.18.